The van der Waals surface area contributed by atoms with Crippen LogP contribution in [0.1, 0.15) is 25.3 Å². The third-order valence-corrected chi connectivity index (χ3v) is 3.37. The zero-order chi connectivity index (χ0) is 14.7. The van der Waals surface area contributed by atoms with E-state index in [0.717, 1.165) is 11.4 Å². The van der Waals surface area contributed by atoms with Crippen molar-refractivity contribution in [3.63, 3.8) is 0 Å². The number of nitrogens with zero attached hydrogens (tertiary/aromatic N) is 2. The molecule has 106 valence electrons. The number of halogens is 2. The zero-order valence-electron chi connectivity index (χ0n) is 11.4. The summed E-state index contributed by atoms with van der Waals surface area (Å²) in [4.78, 5) is 8.35. The van der Waals surface area contributed by atoms with E-state index >= 15 is 0 Å². The molecule has 0 radical (unpaired) electrons. The van der Waals surface area contributed by atoms with Crippen LogP contribution in [0, 0.1) is 5.82 Å². The molecule has 0 saturated carbocycles. The standard InChI is InChI=1S/C14H15BrFN3O/c1-8(2)12-13(17-3)18-7-19-14(12)20-9-4-5-11(16)10(15)6-9/h4-8H,1-3H3,(H,17,18,19). The van der Waals surface area contributed by atoms with Crippen molar-refractivity contribution in [1.29, 1.82) is 0 Å². The Labute approximate surface area is 125 Å². The van der Waals surface area contributed by atoms with Crippen LogP contribution in [-0.2, 0) is 0 Å². The van der Waals surface area contributed by atoms with E-state index in [1.165, 1.54) is 12.4 Å². The summed E-state index contributed by atoms with van der Waals surface area (Å²) in [6, 6.07) is 4.47. The highest BCUT2D eigenvalue weighted by Crippen LogP contribution is 2.33. The normalized spacial score (nSPS) is 10.7. The molecule has 2 rings (SSSR count). The lowest BCUT2D eigenvalue weighted by atomic mass is 10.1. The van der Waals surface area contributed by atoms with E-state index in [2.05, 4.69) is 31.2 Å². The lowest BCUT2D eigenvalue weighted by Gasteiger charge is -2.15. The Balaban J connectivity index is 2.40. The summed E-state index contributed by atoms with van der Waals surface area (Å²) in [5.74, 6) is 1.57. The number of anilines is 1. The molecule has 0 saturated heterocycles. The summed E-state index contributed by atoms with van der Waals surface area (Å²) in [6.45, 7) is 4.07. The molecule has 0 aliphatic rings. The van der Waals surface area contributed by atoms with Crippen molar-refractivity contribution in [1.82, 2.24) is 9.97 Å². The third-order valence-electron chi connectivity index (χ3n) is 2.77. The van der Waals surface area contributed by atoms with Crippen LogP contribution in [-0.4, -0.2) is 17.0 Å². The first-order valence-electron chi connectivity index (χ1n) is 6.18. The Bertz CT molecular complexity index is 619. The molecule has 0 spiro atoms. The molecule has 0 aliphatic heterocycles. The van der Waals surface area contributed by atoms with Crippen LogP contribution in [0.15, 0.2) is 29.0 Å². The number of ether oxygens (including phenoxy) is 1. The minimum atomic E-state index is -0.333. The third kappa shape index (κ3) is 3.07. The van der Waals surface area contributed by atoms with Crippen molar-refractivity contribution in [2.75, 3.05) is 12.4 Å². The minimum Gasteiger partial charge on any atom is -0.438 e. The molecular formula is C14H15BrFN3O. The van der Waals surface area contributed by atoms with Gasteiger partial charge in [-0.05, 0) is 40.0 Å². The molecule has 0 atom stereocenters. The van der Waals surface area contributed by atoms with E-state index in [-0.39, 0.29) is 11.7 Å². The predicted molar refractivity (Wildman–Crippen MR) is 79.8 cm³/mol. The average Bonchev–Trinajstić information content (AvgIpc) is 2.42. The second kappa shape index (κ2) is 6.17. The number of aromatic nitrogens is 2. The summed E-state index contributed by atoms with van der Waals surface area (Å²) >= 11 is 3.13. The molecule has 1 heterocycles. The Kier molecular flexibility index (Phi) is 4.54. The van der Waals surface area contributed by atoms with Crippen molar-refractivity contribution >= 4 is 21.7 Å². The number of nitrogens with one attached hydrogen (secondary N) is 1. The van der Waals surface area contributed by atoms with Gasteiger partial charge >= 0.3 is 0 Å². The number of benzene rings is 1. The van der Waals surface area contributed by atoms with Gasteiger partial charge in [0.1, 0.15) is 23.7 Å². The van der Waals surface area contributed by atoms with Gasteiger partial charge in [0, 0.05) is 7.05 Å². The van der Waals surface area contributed by atoms with E-state index in [9.17, 15) is 4.39 Å². The lowest BCUT2D eigenvalue weighted by molar-refractivity contribution is 0.450. The smallest absolute Gasteiger partial charge is 0.227 e. The molecule has 0 bridgehead atoms. The van der Waals surface area contributed by atoms with Crippen LogP contribution >= 0.6 is 15.9 Å². The minimum absolute atomic E-state index is 0.192. The molecule has 0 amide bonds. The van der Waals surface area contributed by atoms with Gasteiger partial charge < -0.3 is 10.1 Å². The van der Waals surface area contributed by atoms with Crippen molar-refractivity contribution in [2.45, 2.75) is 19.8 Å². The van der Waals surface area contributed by atoms with Crippen LogP contribution in [0.2, 0.25) is 0 Å². The van der Waals surface area contributed by atoms with Gasteiger partial charge in [-0.3, -0.25) is 0 Å². The van der Waals surface area contributed by atoms with Crippen LogP contribution in [0.4, 0.5) is 10.2 Å². The van der Waals surface area contributed by atoms with Gasteiger partial charge in [-0.25, -0.2) is 14.4 Å². The molecule has 0 aliphatic carbocycles. The van der Waals surface area contributed by atoms with Crippen LogP contribution in [0.3, 0.4) is 0 Å². The van der Waals surface area contributed by atoms with Gasteiger partial charge in [-0.2, -0.15) is 0 Å². The Morgan fingerprint density at radius 1 is 1.30 bits per heavy atom. The Morgan fingerprint density at radius 2 is 2.05 bits per heavy atom. The van der Waals surface area contributed by atoms with Gasteiger partial charge in [-0.1, -0.05) is 13.8 Å². The first kappa shape index (κ1) is 14.7. The Morgan fingerprint density at radius 3 is 2.65 bits per heavy atom. The fourth-order valence-electron chi connectivity index (χ4n) is 1.83. The van der Waals surface area contributed by atoms with Crippen molar-refractivity contribution in [2.24, 2.45) is 0 Å². The molecule has 0 unspecified atom stereocenters. The largest absolute Gasteiger partial charge is 0.438 e. The topological polar surface area (TPSA) is 47.0 Å². The molecule has 0 fully saturated rings. The summed E-state index contributed by atoms with van der Waals surface area (Å²) in [7, 11) is 1.80. The molecule has 1 aromatic carbocycles. The van der Waals surface area contributed by atoms with Gasteiger partial charge in [0.15, 0.2) is 0 Å². The highest BCUT2D eigenvalue weighted by Gasteiger charge is 2.16. The molecule has 20 heavy (non-hydrogen) atoms. The van der Waals surface area contributed by atoms with Crippen molar-refractivity contribution in [3.05, 3.63) is 40.4 Å². The van der Waals surface area contributed by atoms with E-state index in [1.807, 2.05) is 13.8 Å². The fourth-order valence-corrected chi connectivity index (χ4v) is 2.19. The molecule has 2 aromatic rings. The van der Waals surface area contributed by atoms with E-state index < -0.39 is 0 Å². The first-order valence-corrected chi connectivity index (χ1v) is 6.97. The summed E-state index contributed by atoms with van der Waals surface area (Å²) in [5, 5.41) is 3.02. The number of hydrogen-bond donors (Lipinski definition) is 1. The molecule has 1 N–H and O–H groups in total. The highest BCUT2D eigenvalue weighted by atomic mass is 79.9. The molecule has 6 heteroatoms. The van der Waals surface area contributed by atoms with Crippen molar-refractivity contribution < 1.29 is 9.13 Å². The van der Waals surface area contributed by atoms with Gasteiger partial charge in [0.2, 0.25) is 5.88 Å². The van der Waals surface area contributed by atoms with Gasteiger partial charge in [0.25, 0.3) is 0 Å². The van der Waals surface area contributed by atoms with Crippen molar-refractivity contribution in [3.8, 4) is 11.6 Å². The molecule has 4 nitrogen and oxygen atoms in total. The number of hydrogen-bond acceptors (Lipinski definition) is 4. The maximum absolute atomic E-state index is 13.2. The summed E-state index contributed by atoms with van der Waals surface area (Å²) in [5.41, 5.74) is 0.885. The molecular weight excluding hydrogens is 325 g/mol. The van der Waals surface area contributed by atoms with Crippen LogP contribution < -0.4 is 10.1 Å². The van der Waals surface area contributed by atoms with Gasteiger partial charge in [0.05, 0.1) is 10.0 Å². The van der Waals surface area contributed by atoms with E-state index in [4.69, 9.17) is 4.74 Å². The monoisotopic (exact) mass is 339 g/mol. The number of rotatable bonds is 4. The lowest BCUT2D eigenvalue weighted by Crippen LogP contribution is -2.04. The SMILES string of the molecule is CNc1ncnc(Oc2ccc(F)c(Br)c2)c1C(C)C. The Hall–Kier alpha value is -1.69. The predicted octanol–water partition coefficient (Wildman–Crippen LogP) is 4.34. The van der Waals surface area contributed by atoms with Crippen LogP contribution in [0.25, 0.3) is 0 Å². The maximum Gasteiger partial charge on any atom is 0.227 e. The average molecular weight is 340 g/mol. The summed E-state index contributed by atoms with van der Waals surface area (Å²) in [6.07, 6.45) is 1.44. The fraction of sp³-hybridized carbons (Fsp3) is 0.286. The highest BCUT2D eigenvalue weighted by molar-refractivity contribution is 9.10. The summed E-state index contributed by atoms with van der Waals surface area (Å²) < 4.78 is 19.3. The second-order valence-electron chi connectivity index (χ2n) is 4.52. The quantitative estimate of drug-likeness (QED) is 0.900. The van der Waals surface area contributed by atoms with Gasteiger partial charge in [-0.15, -0.1) is 0 Å². The molecule has 1 aromatic heterocycles. The first-order chi connectivity index (χ1) is 9.52. The second-order valence-corrected chi connectivity index (χ2v) is 5.38. The van der Waals surface area contributed by atoms with E-state index in [0.29, 0.717) is 16.1 Å². The zero-order valence-corrected chi connectivity index (χ0v) is 13.0. The van der Waals surface area contributed by atoms with Crippen LogP contribution in [0.5, 0.6) is 11.6 Å². The van der Waals surface area contributed by atoms with E-state index in [1.54, 1.807) is 19.2 Å². The maximum atomic E-state index is 13.2.